The molecule has 0 aliphatic rings. The number of hydrogen-bond donors (Lipinski definition) is 1. The minimum absolute atomic E-state index is 0.0649. The van der Waals surface area contributed by atoms with Crippen molar-refractivity contribution in [2.24, 2.45) is 5.92 Å². The summed E-state index contributed by atoms with van der Waals surface area (Å²) in [6.07, 6.45) is 3.22. The van der Waals surface area contributed by atoms with Gasteiger partial charge in [-0.1, -0.05) is 49.9 Å². The molecule has 1 atom stereocenters. The van der Waals surface area contributed by atoms with Crippen LogP contribution in [0.15, 0.2) is 83.0 Å². The van der Waals surface area contributed by atoms with Gasteiger partial charge in [-0.25, -0.2) is 9.37 Å². The van der Waals surface area contributed by atoms with Gasteiger partial charge in [0.25, 0.3) is 5.56 Å². The predicted molar refractivity (Wildman–Crippen MR) is 128 cm³/mol. The van der Waals surface area contributed by atoms with E-state index in [1.54, 1.807) is 54.9 Å². The average molecular weight is 463 g/mol. The van der Waals surface area contributed by atoms with E-state index in [1.165, 1.54) is 28.5 Å². The summed E-state index contributed by atoms with van der Waals surface area (Å²) in [5.74, 6) is -0.353. The minimum Gasteiger partial charge on any atom is -0.348 e. The highest BCUT2D eigenvalue weighted by Gasteiger charge is 2.20. The van der Waals surface area contributed by atoms with Gasteiger partial charge in [-0.2, -0.15) is 0 Å². The summed E-state index contributed by atoms with van der Waals surface area (Å²) in [4.78, 5) is 34.8. The van der Waals surface area contributed by atoms with Gasteiger partial charge in [-0.3, -0.25) is 19.1 Å². The number of hydrogen-bond acceptors (Lipinski definition) is 5. The molecule has 0 aliphatic carbocycles. The summed E-state index contributed by atoms with van der Waals surface area (Å²) in [6, 6.07) is 16.5. The number of carbonyl (C=O) groups is 1. The number of aromatic nitrogens is 3. The van der Waals surface area contributed by atoms with Crippen LogP contribution in [-0.2, 0) is 4.79 Å². The van der Waals surface area contributed by atoms with Crippen LogP contribution < -0.4 is 10.9 Å². The number of nitrogens with zero attached hydrogens (tertiary/aromatic N) is 3. The zero-order valence-corrected chi connectivity index (χ0v) is 19.1. The predicted octanol–water partition coefficient (Wildman–Crippen LogP) is 4.53. The number of fused-ring (bicyclic) bond motifs is 1. The van der Waals surface area contributed by atoms with E-state index in [1.807, 2.05) is 19.9 Å². The number of rotatable bonds is 7. The molecule has 33 heavy (non-hydrogen) atoms. The summed E-state index contributed by atoms with van der Waals surface area (Å²) in [7, 11) is 0. The van der Waals surface area contributed by atoms with E-state index in [9.17, 15) is 14.0 Å². The Morgan fingerprint density at radius 1 is 1.09 bits per heavy atom. The Hall–Kier alpha value is -3.52. The zero-order chi connectivity index (χ0) is 23.4. The second-order valence-corrected chi connectivity index (χ2v) is 8.84. The molecule has 4 aromatic rings. The molecule has 2 aromatic carbocycles. The Bertz CT molecular complexity index is 1320. The topological polar surface area (TPSA) is 76.9 Å². The smallest absolute Gasteiger partial charge is 0.266 e. The van der Waals surface area contributed by atoms with Gasteiger partial charge in [0.1, 0.15) is 5.82 Å². The fourth-order valence-corrected chi connectivity index (χ4v) is 4.40. The lowest BCUT2D eigenvalue weighted by atomic mass is 9.96. The van der Waals surface area contributed by atoms with Gasteiger partial charge in [-0.15, -0.1) is 0 Å². The van der Waals surface area contributed by atoms with Crippen molar-refractivity contribution >= 4 is 28.6 Å². The van der Waals surface area contributed by atoms with E-state index < -0.39 is 0 Å². The monoisotopic (exact) mass is 462 g/mol. The van der Waals surface area contributed by atoms with Gasteiger partial charge >= 0.3 is 0 Å². The second kappa shape index (κ2) is 9.95. The maximum atomic E-state index is 13.3. The molecule has 1 amide bonds. The van der Waals surface area contributed by atoms with Crippen molar-refractivity contribution in [3.63, 3.8) is 0 Å². The van der Waals surface area contributed by atoms with Crippen LogP contribution in [-0.4, -0.2) is 26.2 Å². The largest absolute Gasteiger partial charge is 0.348 e. The van der Waals surface area contributed by atoms with Gasteiger partial charge in [0, 0.05) is 6.20 Å². The molecule has 4 rings (SSSR count). The number of halogens is 1. The fourth-order valence-electron chi connectivity index (χ4n) is 3.57. The lowest BCUT2D eigenvalue weighted by Crippen LogP contribution is -2.33. The molecule has 0 aliphatic heterocycles. The highest BCUT2D eigenvalue weighted by molar-refractivity contribution is 7.99. The molecule has 2 heterocycles. The second-order valence-electron chi connectivity index (χ2n) is 7.89. The quantitative estimate of drug-likeness (QED) is 0.323. The lowest BCUT2D eigenvalue weighted by molar-refractivity contribution is -0.119. The van der Waals surface area contributed by atoms with Crippen LogP contribution in [0.25, 0.3) is 16.6 Å². The number of para-hydroxylation sites is 1. The molecule has 1 N–H and O–H groups in total. The van der Waals surface area contributed by atoms with Crippen molar-refractivity contribution in [3.05, 3.63) is 94.8 Å². The first-order valence-electron chi connectivity index (χ1n) is 10.5. The third kappa shape index (κ3) is 5.12. The number of nitrogens with one attached hydrogen (secondary N) is 1. The third-order valence-electron chi connectivity index (χ3n) is 5.19. The zero-order valence-electron chi connectivity index (χ0n) is 18.2. The van der Waals surface area contributed by atoms with Gasteiger partial charge in [0.2, 0.25) is 5.91 Å². The fraction of sp³-hybridized carbons (Fsp3) is 0.200. The number of benzene rings is 2. The van der Waals surface area contributed by atoms with Crippen LogP contribution in [0.1, 0.15) is 25.5 Å². The number of pyridine rings is 1. The van der Waals surface area contributed by atoms with E-state index in [-0.39, 0.29) is 35.0 Å². The van der Waals surface area contributed by atoms with E-state index >= 15 is 0 Å². The molecule has 0 radical (unpaired) electrons. The van der Waals surface area contributed by atoms with E-state index in [0.717, 1.165) is 5.56 Å². The molecular formula is C25H23FN4O2S. The lowest BCUT2D eigenvalue weighted by Gasteiger charge is -2.23. The highest BCUT2D eigenvalue weighted by atomic mass is 32.2. The Labute approximate surface area is 194 Å². The maximum absolute atomic E-state index is 13.3. The third-order valence-corrected chi connectivity index (χ3v) is 6.13. The molecule has 0 spiro atoms. The molecule has 2 aromatic heterocycles. The molecular weight excluding hydrogens is 439 g/mol. The summed E-state index contributed by atoms with van der Waals surface area (Å²) < 4.78 is 14.8. The SMILES string of the molecule is CC(C)C(NC(=O)CSc1nc2ccccc2c(=O)n1-c1cccnc1)c1ccc(F)cc1. The number of amides is 1. The van der Waals surface area contributed by atoms with Crippen molar-refractivity contribution in [1.29, 1.82) is 0 Å². The van der Waals surface area contributed by atoms with Crippen LogP contribution in [0.2, 0.25) is 0 Å². The molecule has 0 bridgehead atoms. The van der Waals surface area contributed by atoms with Crippen LogP contribution >= 0.6 is 11.8 Å². The van der Waals surface area contributed by atoms with Crippen LogP contribution in [0.4, 0.5) is 4.39 Å². The number of thioether (sulfide) groups is 1. The summed E-state index contributed by atoms with van der Waals surface area (Å²) in [6.45, 7) is 3.98. The van der Waals surface area contributed by atoms with Crippen molar-refractivity contribution in [2.45, 2.75) is 25.0 Å². The molecule has 168 valence electrons. The summed E-state index contributed by atoms with van der Waals surface area (Å²) in [5.41, 5.74) is 1.76. The van der Waals surface area contributed by atoms with Gasteiger partial charge in [0.05, 0.1) is 34.6 Å². The number of carbonyl (C=O) groups excluding carboxylic acids is 1. The van der Waals surface area contributed by atoms with E-state index in [0.29, 0.717) is 21.7 Å². The van der Waals surface area contributed by atoms with Crippen LogP contribution in [0.5, 0.6) is 0 Å². The molecule has 0 saturated carbocycles. The summed E-state index contributed by atoms with van der Waals surface area (Å²) in [5, 5.41) is 3.92. The first-order chi connectivity index (χ1) is 15.9. The molecule has 0 fully saturated rings. The average Bonchev–Trinajstić information content (AvgIpc) is 2.82. The molecule has 1 unspecified atom stereocenters. The van der Waals surface area contributed by atoms with Gasteiger partial charge in [0.15, 0.2) is 5.16 Å². The van der Waals surface area contributed by atoms with Gasteiger partial charge in [-0.05, 0) is 47.9 Å². The molecule has 0 saturated heterocycles. The Morgan fingerprint density at radius 3 is 2.55 bits per heavy atom. The summed E-state index contributed by atoms with van der Waals surface area (Å²) >= 11 is 1.18. The molecule has 6 nitrogen and oxygen atoms in total. The molecule has 8 heteroatoms. The highest BCUT2D eigenvalue weighted by Crippen LogP contribution is 2.24. The van der Waals surface area contributed by atoms with Crippen LogP contribution in [0, 0.1) is 11.7 Å². The van der Waals surface area contributed by atoms with Crippen molar-refractivity contribution in [2.75, 3.05) is 5.75 Å². The Balaban J connectivity index is 1.60. The van der Waals surface area contributed by atoms with E-state index in [2.05, 4.69) is 15.3 Å². The standard InChI is InChI=1S/C25H23FN4O2S/c1-16(2)23(17-9-11-18(26)12-10-17)29-22(31)15-33-25-28-21-8-4-3-7-20(21)24(32)30(25)19-6-5-13-27-14-19/h3-14,16,23H,15H2,1-2H3,(H,29,31). The van der Waals surface area contributed by atoms with Crippen LogP contribution in [0.3, 0.4) is 0 Å². The Morgan fingerprint density at radius 2 is 1.85 bits per heavy atom. The van der Waals surface area contributed by atoms with Crippen molar-refractivity contribution in [3.8, 4) is 5.69 Å². The van der Waals surface area contributed by atoms with Crippen molar-refractivity contribution < 1.29 is 9.18 Å². The van der Waals surface area contributed by atoms with Crippen molar-refractivity contribution in [1.82, 2.24) is 19.9 Å². The normalized spacial score (nSPS) is 12.1. The maximum Gasteiger partial charge on any atom is 0.266 e. The first kappa shape index (κ1) is 22.7. The van der Waals surface area contributed by atoms with E-state index in [4.69, 9.17) is 0 Å². The Kier molecular flexibility index (Phi) is 6.84. The first-order valence-corrected chi connectivity index (χ1v) is 11.5. The minimum atomic E-state index is -0.320. The van der Waals surface area contributed by atoms with Gasteiger partial charge < -0.3 is 5.32 Å².